The zero-order valence-corrected chi connectivity index (χ0v) is 34.0. The van der Waals surface area contributed by atoms with Gasteiger partial charge >= 0.3 is 11.9 Å². The van der Waals surface area contributed by atoms with Crippen LogP contribution in [0.3, 0.4) is 0 Å². The van der Waals surface area contributed by atoms with Gasteiger partial charge in [0, 0.05) is 17.3 Å². The van der Waals surface area contributed by atoms with Crippen LogP contribution in [0.5, 0.6) is 0 Å². The van der Waals surface area contributed by atoms with Crippen LogP contribution in [-0.2, 0) is 19.1 Å². The number of unbranched alkanes of at least 4 members (excludes halogenated alkanes) is 2. The van der Waals surface area contributed by atoms with Gasteiger partial charge in [-0.25, -0.2) is 0 Å². The highest BCUT2D eigenvalue weighted by molar-refractivity contribution is 6.05. The SMILES string of the molecule is CCCCCOC(=O)CCC(=O)OC1CCCCC1Nc1ccc(C(C2=CCC(C)(N/C=C(C)/C=C(/C)C=C(C)C)C=C2)=C2C=CCC=C2)c2ccccc12. The highest BCUT2D eigenvalue weighted by Gasteiger charge is 2.30. The van der Waals surface area contributed by atoms with Gasteiger partial charge < -0.3 is 20.1 Å². The van der Waals surface area contributed by atoms with Gasteiger partial charge in [-0.2, -0.15) is 0 Å². The van der Waals surface area contributed by atoms with Crippen LogP contribution in [0.1, 0.15) is 118 Å². The van der Waals surface area contributed by atoms with E-state index in [2.05, 4.69) is 149 Å². The first-order valence-corrected chi connectivity index (χ1v) is 20.4. The third kappa shape index (κ3) is 12.1. The fourth-order valence-corrected chi connectivity index (χ4v) is 7.66. The third-order valence-electron chi connectivity index (χ3n) is 10.5. The fraction of sp³-hybridized carbons (Fsp3) is 0.429. The van der Waals surface area contributed by atoms with E-state index < -0.39 is 0 Å². The van der Waals surface area contributed by atoms with E-state index >= 15 is 0 Å². The van der Waals surface area contributed by atoms with Gasteiger partial charge in [0.15, 0.2) is 0 Å². The summed E-state index contributed by atoms with van der Waals surface area (Å²) in [6, 6.07) is 13.0. The van der Waals surface area contributed by atoms with Crippen LogP contribution in [0.25, 0.3) is 16.3 Å². The number of ether oxygens (including phenoxy) is 2. The number of nitrogens with one attached hydrogen (secondary N) is 2. The summed E-state index contributed by atoms with van der Waals surface area (Å²) < 4.78 is 11.3. The first-order chi connectivity index (χ1) is 26.5. The first kappa shape index (κ1) is 41.3. The molecule has 0 bridgehead atoms. The number of hydrogen-bond acceptors (Lipinski definition) is 6. The van der Waals surface area contributed by atoms with Crippen molar-refractivity contribution in [3.8, 4) is 0 Å². The van der Waals surface area contributed by atoms with Crippen molar-refractivity contribution in [3.05, 3.63) is 131 Å². The van der Waals surface area contributed by atoms with Gasteiger partial charge in [-0.3, -0.25) is 9.59 Å². The van der Waals surface area contributed by atoms with Crippen molar-refractivity contribution in [2.24, 2.45) is 0 Å². The molecule has 6 nitrogen and oxygen atoms in total. The zero-order chi connectivity index (χ0) is 39.2. The molecule has 6 heteroatoms. The van der Waals surface area contributed by atoms with Gasteiger partial charge in [0.2, 0.25) is 0 Å². The molecule has 0 heterocycles. The molecule has 292 valence electrons. The van der Waals surface area contributed by atoms with Crippen molar-refractivity contribution in [1.29, 1.82) is 0 Å². The van der Waals surface area contributed by atoms with E-state index in [0.29, 0.717) is 6.61 Å². The summed E-state index contributed by atoms with van der Waals surface area (Å²) in [5.41, 5.74) is 9.36. The monoisotopic (exact) mass is 742 g/mol. The standard InChI is InChI=1S/C49H62N2O4/c1-7-8-16-31-54-46(52)25-26-47(53)55-45-22-15-14-21-44(45)51-43-24-23-42(40-19-12-13-20-41(40)43)48(38-17-10-9-11-18-38)39-27-29-49(6,30-28-39)50-34-37(5)33-36(4)32-35(2)3/h10-13,17-20,23-24,27-29,32-34,44-45,50-51H,7-9,14-16,21-22,25-26,30-31H2,1-6H3/b36-33-,37-34+. The smallest absolute Gasteiger partial charge is 0.306 e. The molecule has 55 heavy (non-hydrogen) atoms. The number of carbonyl (C=O) groups is 2. The predicted molar refractivity (Wildman–Crippen MR) is 230 cm³/mol. The average Bonchev–Trinajstić information content (AvgIpc) is 3.17. The normalized spacial score (nSPS) is 21.2. The first-order valence-electron chi connectivity index (χ1n) is 20.4. The van der Waals surface area contributed by atoms with Crippen LogP contribution in [0.15, 0.2) is 125 Å². The molecule has 3 aliphatic rings. The van der Waals surface area contributed by atoms with Crippen molar-refractivity contribution >= 4 is 34.0 Å². The molecular formula is C49H62N2O4. The number of carbonyl (C=O) groups excluding carboxylic acids is 2. The molecule has 3 unspecified atom stereocenters. The van der Waals surface area contributed by atoms with Crippen molar-refractivity contribution in [2.45, 2.75) is 130 Å². The van der Waals surface area contributed by atoms with Crippen LogP contribution in [-0.4, -0.2) is 36.2 Å². The Balaban J connectivity index is 1.35. The zero-order valence-electron chi connectivity index (χ0n) is 34.0. The Morgan fingerprint density at radius 3 is 2.35 bits per heavy atom. The summed E-state index contributed by atoms with van der Waals surface area (Å²) in [6.07, 6.45) is 30.8. The van der Waals surface area contributed by atoms with Crippen LogP contribution in [0.4, 0.5) is 5.69 Å². The fourth-order valence-electron chi connectivity index (χ4n) is 7.66. The van der Waals surface area contributed by atoms with Crippen molar-refractivity contribution in [1.82, 2.24) is 5.32 Å². The van der Waals surface area contributed by atoms with Crippen molar-refractivity contribution in [2.75, 3.05) is 11.9 Å². The summed E-state index contributed by atoms with van der Waals surface area (Å²) in [7, 11) is 0. The van der Waals surface area contributed by atoms with Gasteiger partial charge in [0.25, 0.3) is 0 Å². The Labute approximate surface area is 329 Å². The molecule has 3 atom stereocenters. The van der Waals surface area contributed by atoms with Crippen molar-refractivity contribution in [3.63, 3.8) is 0 Å². The minimum atomic E-state index is -0.341. The minimum Gasteiger partial charge on any atom is -0.466 e. The number of fused-ring (bicyclic) bond motifs is 1. The molecule has 0 saturated heterocycles. The Hall–Kier alpha value is -4.84. The maximum atomic E-state index is 12.9. The van der Waals surface area contributed by atoms with E-state index in [4.69, 9.17) is 9.47 Å². The van der Waals surface area contributed by atoms with Gasteiger partial charge in [-0.05, 0) is 112 Å². The summed E-state index contributed by atoms with van der Waals surface area (Å²) in [5, 5.41) is 9.79. The molecular weight excluding hydrogens is 681 g/mol. The molecule has 3 aliphatic carbocycles. The lowest BCUT2D eigenvalue weighted by atomic mass is 9.82. The molecule has 0 spiro atoms. The molecule has 1 saturated carbocycles. The van der Waals surface area contributed by atoms with E-state index in [-0.39, 0.29) is 42.5 Å². The lowest BCUT2D eigenvalue weighted by Gasteiger charge is -2.33. The Morgan fingerprint density at radius 1 is 0.873 bits per heavy atom. The van der Waals surface area contributed by atoms with Gasteiger partial charge in [0.05, 0.1) is 31.0 Å². The number of anilines is 1. The quantitative estimate of drug-likeness (QED) is 0.101. The highest BCUT2D eigenvalue weighted by atomic mass is 16.5. The lowest BCUT2D eigenvalue weighted by Crippen LogP contribution is -2.39. The number of esters is 2. The van der Waals surface area contributed by atoms with Gasteiger partial charge in [0.1, 0.15) is 6.10 Å². The number of benzene rings is 2. The van der Waals surface area contributed by atoms with E-state index in [1.807, 2.05) is 0 Å². The highest BCUT2D eigenvalue weighted by Crippen LogP contribution is 2.40. The Kier molecular flexibility index (Phi) is 15.2. The molecule has 0 amide bonds. The molecule has 0 radical (unpaired) electrons. The largest absolute Gasteiger partial charge is 0.466 e. The molecule has 5 rings (SSSR count). The second-order valence-corrected chi connectivity index (χ2v) is 15.8. The molecule has 0 aliphatic heterocycles. The second kappa shape index (κ2) is 20.2. The van der Waals surface area contributed by atoms with Gasteiger partial charge in [-0.15, -0.1) is 0 Å². The molecule has 0 aromatic heterocycles. The average molecular weight is 743 g/mol. The summed E-state index contributed by atoms with van der Waals surface area (Å²) in [6.45, 7) is 13.3. The molecule has 2 aromatic carbocycles. The van der Waals surface area contributed by atoms with E-state index in [9.17, 15) is 9.59 Å². The van der Waals surface area contributed by atoms with E-state index in [1.54, 1.807) is 0 Å². The maximum absolute atomic E-state index is 12.9. The molecule has 2 aromatic rings. The second-order valence-electron chi connectivity index (χ2n) is 15.8. The van der Waals surface area contributed by atoms with E-state index in [1.165, 1.54) is 44.4 Å². The van der Waals surface area contributed by atoms with Crippen LogP contribution < -0.4 is 10.6 Å². The number of hydrogen-bond donors (Lipinski definition) is 2. The predicted octanol–water partition coefficient (Wildman–Crippen LogP) is 11.9. The molecule has 2 N–H and O–H groups in total. The third-order valence-corrected chi connectivity index (χ3v) is 10.5. The summed E-state index contributed by atoms with van der Waals surface area (Å²) in [4.78, 5) is 25.1. The van der Waals surface area contributed by atoms with Gasteiger partial charge in [-0.1, -0.05) is 122 Å². The van der Waals surface area contributed by atoms with Crippen LogP contribution in [0, 0.1) is 0 Å². The molecule has 1 fully saturated rings. The topological polar surface area (TPSA) is 76.7 Å². The summed E-state index contributed by atoms with van der Waals surface area (Å²) in [5.74, 6) is -0.676. The Morgan fingerprint density at radius 2 is 1.62 bits per heavy atom. The van der Waals surface area contributed by atoms with Crippen LogP contribution in [0.2, 0.25) is 0 Å². The summed E-state index contributed by atoms with van der Waals surface area (Å²) >= 11 is 0. The number of allylic oxidation sites excluding steroid dienone is 13. The van der Waals surface area contributed by atoms with E-state index in [0.717, 1.165) is 68.9 Å². The minimum absolute atomic E-state index is 0.0199. The van der Waals surface area contributed by atoms with Crippen molar-refractivity contribution < 1.29 is 19.1 Å². The Bertz CT molecular complexity index is 1920. The van der Waals surface area contributed by atoms with Crippen LogP contribution >= 0.6 is 0 Å². The number of rotatable bonds is 16. The lowest BCUT2D eigenvalue weighted by molar-refractivity contribution is -0.155. The maximum Gasteiger partial charge on any atom is 0.306 e.